The summed E-state index contributed by atoms with van der Waals surface area (Å²) in [6.45, 7) is 3.41. The van der Waals surface area contributed by atoms with Crippen molar-refractivity contribution in [1.29, 1.82) is 0 Å². The minimum atomic E-state index is -0.0888. The van der Waals surface area contributed by atoms with E-state index in [-0.39, 0.29) is 11.6 Å². The number of nitrogens with one attached hydrogen (secondary N) is 1. The standard InChI is InChI=1S/C30H38N6O3/c1-4-26(29-32-33-34-36(29)16-15-21-11-7-5-8-12-21)35(24-13-9-6-10-14-24)20-23-17-22-18-27(38-2)28(39-3)19-25(22)31-30(23)37/h5,7-8,11-12,17-19,24,26H,4,6,9-10,13-16,20H2,1-3H3,(H,31,37). The Morgan fingerprint density at radius 3 is 2.51 bits per heavy atom. The molecule has 1 fully saturated rings. The van der Waals surface area contributed by atoms with Gasteiger partial charge >= 0.3 is 0 Å². The van der Waals surface area contributed by atoms with E-state index in [0.717, 1.165) is 48.0 Å². The molecule has 9 heteroatoms. The number of methoxy groups -OCH3 is 2. The Kier molecular flexibility index (Phi) is 8.56. The van der Waals surface area contributed by atoms with E-state index in [2.05, 4.69) is 56.6 Å². The summed E-state index contributed by atoms with van der Waals surface area (Å²) in [7, 11) is 3.21. The highest BCUT2D eigenvalue weighted by atomic mass is 16.5. The third kappa shape index (κ3) is 5.98. The van der Waals surface area contributed by atoms with Gasteiger partial charge in [0.1, 0.15) is 0 Å². The monoisotopic (exact) mass is 530 g/mol. The zero-order chi connectivity index (χ0) is 27.2. The average Bonchev–Trinajstić information content (AvgIpc) is 3.44. The molecule has 0 bridgehead atoms. The molecule has 1 saturated carbocycles. The first-order valence-corrected chi connectivity index (χ1v) is 13.9. The second kappa shape index (κ2) is 12.4. The van der Waals surface area contributed by atoms with Gasteiger partial charge in [-0.15, -0.1) is 5.10 Å². The van der Waals surface area contributed by atoms with Crippen molar-refractivity contribution < 1.29 is 9.47 Å². The molecule has 5 rings (SSSR count). The van der Waals surface area contributed by atoms with Crippen LogP contribution in [0, 0.1) is 0 Å². The van der Waals surface area contributed by atoms with Gasteiger partial charge in [-0.25, -0.2) is 4.68 Å². The van der Waals surface area contributed by atoms with E-state index in [1.165, 1.54) is 24.8 Å². The van der Waals surface area contributed by atoms with Gasteiger partial charge in [-0.3, -0.25) is 9.69 Å². The third-order valence-corrected chi connectivity index (χ3v) is 7.92. The Bertz CT molecular complexity index is 1430. The van der Waals surface area contributed by atoms with Crippen molar-refractivity contribution in [2.45, 2.75) is 77.0 Å². The fourth-order valence-electron chi connectivity index (χ4n) is 5.85. The maximum Gasteiger partial charge on any atom is 0.252 e. The second-order valence-corrected chi connectivity index (χ2v) is 10.3. The molecule has 2 aromatic heterocycles. The topological polar surface area (TPSA) is 98.2 Å². The fourth-order valence-corrected chi connectivity index (χ4v) is 5.85. The maximum atomic E-state index is 13.3. The number of hydrogen-bond donors (Lipinski definition) is 1. The average molecular weight is 531 g/mol. The number of aromatic amines is 1. The number of aryl methyl sites for hydroxylation is 2. The summed E-state index contributed by atoms with van der Waals surface area (Å²) in [6.07, 6.45) is 7.57. The SMILES string of the molecule is CCC(c1nnnn1CCc1ccccc1)N(Cc1cc2cc(OC)c(OC)cc2[nH]c1=O)C1CCCCC1. The molecule has 0 saturated heterocycles. The van der Waals surface area contributed by atoms with Crippen LogP contribution in [0.1, 0.15) is 68.4 Å². The van der Waals surface area contributed by atoms with Crippen molar-refractivity contribution in [2.75, 3.05) is 14.2 Å². The van der Waals surface area contributed by atoms with Crippen molar-refractivity contribution in [3.05, 3.63) is 75.8 Å². The number of tetrazole rings is 1. The highest BCUT2D eigenvalue weighted by Gasteiger charge is 2.32. The zero-order valence-corrected chi connectivity index (χ0v) is 23.1. The first-order chi connectivity index (χ1) is 19.1. The number of hydrogen-bond acceptors (Lipinski definition) is 7. The number of aromatic nitrogens is 5. The number of benzene rings is 2. The lowest BCUT2D eigenvalue weighted by Gasteiger charge is -2.39. The molecule has 0 amide bonds. The van der Waals surface area contributed by atoms with Crippen LogP contribution in [0.3, 0.4) is 0 Å². The van der Waals surface area contributed by atoms with E-state index in [1.54, 1.807) is 14.2 Å². The number of pyridine rings is 1. The summed E-state index contributed by atoms with van der Waals surface area (Å²) in [5.74, 6) is 2.09. The minimum absolute atomic E-state index is 0.000580. The summed E-state index contributed by atoms with van der Waals surface area (Å²) in [4.78, 5) is 18.9. The van der Waals surface area contributed by atoms with Crippen LogP contribution < -0.4 is 15.0 Å². The first kappa shape index (κ1) is 26.9. The summed E-state index contributed by atoms with van der Waals surface area (Å²) in [6, 6.07) is 16.5. The third-order valence-electron chi connectivity index (χ3n) is 7.92. The Labute approximate surface area is 229 Å². The molecule has 206 valence electrons. The van der Waals surface area contributed by atoms with Gasteiger partial charge in [-0.05, 0) is 53.8 Å². The molecular formula is C30H38N6O3. The van der Waals surface area contributed by atoms with Crippen LogP contribution in [0.2, 0.25) is 0 Å². The van der Waals surface area contributed by atoms with Gasteiger partial charge in [0, 0.05) is 36.1 Å². The van der Waals surface area contributed by atoms with Crippen LogP contribution in [-0.2, 0) is 19.5 Å². The highest BCUT2D eigenvalue weighted by molar-refractivity contribution is 5.83. The molecule has 0 aliphatic heterocycles. The van der Waals surface area contributed by atoms with Gasteiger partial charge in [0.05, 0.1) is 25.8 Å². The van der Waals surface area contributed by atoms with Gasteiger partial charge in [0.25, 0.3) is 5.56 Å². The molecular weight excluding hydrogens is 492 g/mol. The van der Waals surface area contributed by atoms with Crippen molar-refractivity contribution in [3.63, 3.8) is 0 Å². The molecule has 2 aromatic carbocycles. The largest absolute Gasteiger partial charge is 0.493 e. The lowest BCUT2D eigenvalue weighted by molar-refractivity contribution is 0.0841. The van der Waals surface area contributed by atoms with Crippen LogP contribution in [-0.4, -0.2) is 50.4 Å². The number of ether oxygens (including phenoxy) is 2. The maximum absolute atomic E-state index is 13.3. The first-order valence-electron chi connectivity index (χ1n) is 13.9. The normalized spacial score (nSPS) is 15.1. The molecule has 4 aromatic rings. The fraction of sp³-hybridized carbons (Fsp3) is 0.467. The Morgan fingerprint density at radius 2 is 1.79 bits per heavy atom. The van der Waals surface area contributed by atoms with E-state index >= 15 is 0 Å². The van der Waals surface area contributed by atoms with Gasteiger partial charge in [-0.2, -0.15) is 0 Å². The van der Waals surface area contributed by atoms with E-state index in [0.29, 0.717) is 30.6 Å². The quantitative estimate of drug-likeness (QED) is 0.289. The Hall–Kier alpha value is -3.72. The summed E-state index contributed by atoms with van der Waals surface area (Å²) in [5, 5.41) is 13.9. The summed E-state index contributed by atoms with van der Waals surface area (Å²) >= 11 is 0. The molecule has 2 heterocycles. The van der Waals surface area contributed by atoms with Crippen LogP contribution in [0.15, 0.2) is 53.3 Å². The zero-order valence-electron chi connectivity index (χ0n) is 23.1. The van der Waals surface area contributed by atoms with Crippen molar-refractivity contribution in [2.24, 2.45) is 0 Å². The Balaban J connectivity index is 1.48. The second-order valence-electron chi connectivity index (χ2n) is 10.3. The lowest BCUT2D eigenvalue weighted by atomic mass is 9.92. The van der Waals surface area contributed by atoms with Crippen LogP contribution >= 0.6 is 0 Å². The van der Waals surface area contributed by atoms with Crippen molar-refractivity contribution in [3.8, 4) is 11.5 Å². The predicted octanol–water partition coefficient (Wildman–Crippen LogP) is 5.06. The summed E-state index contributed by atoms with van der Waals surface area (Å²) in [5.41, 5.74) is 2.62. The van der Waals surface area contributed by atoms with Gasteiger partial charge in [0.2, 0.25) is 0 Å². The van der Waals surface area contributed by atoms with Crippen LogP contribution in [0.25, 0.3) is 10.9 Å². The van der Waals surface area contributed by atoms with E-state index < -0.39 is 0 Å². The molecule has 9 nitrogen and oxygen atoms in total. The van der Waals surface area contributed by atoms with E-state index in [1.807, 2.05) is 28.9 Å². The Morgan fingerprint density at radius 1 is 1.05 bits per heavy atom. The number of H-pyrrole nitrogens is 1. The van der Waals surface area contributed by atoms with Crippen LogP contribution in [0.4, 0.5) is 0 Å². The molecule has 1 aliphatic carbocycles. The van der Waals surface area contributed by atoms with E-state index in [4.69, 9.17) is 9.47 Å². The number of nitrogens with zero attached hydrogens (tertiary/aromatic N) is 5. The molecule has 39 heavy (non-hydrogen) atoms. The molecule has 1 N–H and O–H groups in total. The molecule has 1 aliphatic rings. The minimum Gasteiger partial charge on any atom is -0.493 e. The highest BCUT2D eigenvalue weighted by Crippen LogP contribution is 2.34. The lowest BCUT2D eigenvalue weighted by Crippen LogP contribution is -2.41. The van der Waals surface area contributed by atoms with Gasteiger partial charge in [0.15, 0.2) is 17.3 Å². The van der Waals surface area contributed by atoms with E-state index in [9.17, 15) is 4.79 Å². The van der Waals surface area contributed by atoms with Crippen molar-refractivity contribution >= 4 is 10.9 Å². The smallest absolute Gasteiger partial charge is 0.252 e. The number of rotatable bonds is 11. The molecule has 0 spiro atoms. The molecule has 1 atom stereocenters. The number of fused-ring (bicyclic) bond motifs is 1. The molecule has 0 radical (unpaired) electrons. The van der Waals surface area contributed by atoms with Crippen LogP contribution in [0.5, 0.6) is 11.5 Å². The molecule has 1 unspecified atom stereocenters. The van der Waals surface area contributed by atoms with Gasteiger partial charge in [-0.1, -0.05) is 56.5 Å². The van der Waals surface area contributed by atoms with Crippen molar-refractivity contribution in [1.82, 2.24) is 30.1 Å². The predicted molar refractivity (Wildman–Crippen MR) is 151 cm³/mol. The summed E-state index contributed by atoms with van der Waals surface area (Å²) < 4.78 is 12.9. The van der Waals surface area contributed by atoms with Gasteiger partial charge < -0.3 is 14.5 Å².